The van der Waals surface area contributed by atoms with Crippen molar-refractivity contribution < 1.29 is 15.0 Å². The molecule has 0 aromatic heterocycles. The van der Waals surface area contributed by atoms with Gasteiger partial charge in [0.15, 0.2) is 0 Å². The minimum atomic E-state index is -0.386. The average molecular weight is 414 g/mol. The lowest BCUT2D eigenvalue weighted by atomic mass is 10.2. The van der Waals surface area contributed by atoms with E-state index in [2.05, 4.69) is 42.4 Å². The Morgan fingerprint density at radius 3 is 2.24 bits per heavy atom. The van der Waals surface area contributed by atoms with Crippen molar-refractivity contribution in [3.8, 4) is 11.5 Å². The number of nitrogens with zero attached hydrogens (tertiary/aromatic N) is 1. The first-order valence-corrected chi connectivity index (χ1v) is 7.36. The first-order valence-electron chi connectivity index (χ1n) is 5.78. The number of hydrazone groups is 1. The summed E-state index contributed by atoms with van der Waals surface area (Å²) >= 11 is 6.42. The van der Waals surface area contributed by atoms with E-state index in [1.54, 1.807) is 12.1 Å². The summed E-state index contributed by atoms with van der Waals surface area (Å²) in [5, 5.41) is 22.6. The molecule has 0 aliphatic rings. The van der Waals surface area contributed by atoms with E-state index >= 15 is 0 Å². The fourth-order valence-corrected chi connectivity index (χ4v) is 2.72. The zero-order valence-corrected chi connectivity index (χ0v) is 13.7. The van der Waals surface area contributed by atoms with Crippen molar-refractivity contribution in [3.63, 3.8) is 0 Å². The molecule has 0 radical (unpaired) electrons. The van der Waals surface area contributed by atoms with Crippen LogP contribution in [0.4, 0.5) is 0 Å². The maximum Gasteiger partial charge on any atom is 0.271 e. The van der Waals surface area contributed by atoms with E-state index in [4.69, 9.17) is 5.11 Å². The summed E-state index contributed by atoms with van der Waals surface area (Å²) in [5.74, 6) is -0.197. The summed E-state index contributed by atoms with van der Waals surface area (Å²) in [6, 6.07) is 9.16. The minimum absolute atomic E-state index is 0.0915. The van der Waals surface area contributed by atoms with Crippen LogP contribution in [-0.2, 0) is 0 Å². The Hall–Kier alpha value is -1.86. The Bertz CT molecular complexity index is 677. The van der Waals surface area contributed by atoms with Gasteiger partial charge in [0.05, 0.1) is 15.2 Å². The van der Waals surface area contributed by atoms with Gasteiger partial charge >= 0.3 is 0 Å². The average Bonchev–Trinajstić information content (AvgIpc) is 2.45. The Morgan fingerprint density at radius 2 is 1.67 bits per heavy atom. The van der Waals surface area contributed by atoms with Crippen LogP contribution in [0, 0.1) is 0 Å². The van der Waals surface area contributed by atoms with E-state index < -0.39 is 0 Å². The maximum atomic E-state index is 11.8. The molecule has 3 N–H and O–H groups in total. The fourth-order valence-electron chi connectivity index (χ4n) is 1.50. The van der Waals surface area contributed by atoms with Gasteiger partial charge in [0, 0.05) is 5.56 Å². The fraction of sp³-hybridized carbons (Fsp3) is 0. The highest BCUT2D eigenvalue weighted by Gasteiger charge is 2.05. The van der Waals surface area contributed by atoms with Crippen LogP contribution in [0.15, 0.2) is 50.4 Å². The Labute approximate surface area is 137 Å². The molecule has 2 aromatic rings. The van der Waals surface area contributed by atoms with Gasteiger partial charge in [-0.3, -0.25) is 4.79 Å². The lowest BCUT2D eigenvalue weighted by Gasteiger charge is -2.02. The van der Waals surface area contributed by atoms with Crippen molar-refractivity contribution >= 4 is 44.0 Å². The molecule has 1 amide bonds. The largest absolute Gasteiger partial charge is 0.508 e. The molecule has 0 aliphatic heterocycles. The number of aromatic hydroxyl groups is 2. The SMILES string of the molecule is O=C(N/N=C\c1cc(Br)c(O)c(Br)c1)c1ccc(O)cc1. The quantitative estimate of drug-likeness (QED) is 0.532. The van der Waals surface area contributed by atoms with Crippen LogP contribution in [-0.4, -0.2) is 22.3 Å². The van der Waals surface area contributed by atoms with Crippen LogP contribution in [0.25, 0.3) is 0 Å². The molecular weight excluding hydrogens is 404 g/mol. The molecule has 0 saturated heterocycles. The van der Waals surface area contributed by atoms with Gasteiger partial charge in [0.25, 0.3) is 5.91 Å². The number of halogens is 2. The highest BCUT2D eigenvalue weighted by Crippen LogP contribution is 2.32. The molecule has 0 bridgehead atoms. The third kappa shape index (κ3) is 4.05. The second-order valence-electron chi connectivity index (χ2n) is 4.08. The normalized spacial score (nSPS) is 10.8. The smallest absolute Gasteiger partial charge is 0.271 e. The molecule has 21 heavy (non-hydrogen) atoms. The van der Waals surface area contributed by atoms with E-state index in [9.17, 15) is 9.90 Å². The van der Waals surface area contributed by atoms with Gasteiger partial charge in [0.2, 0.25) is 0 Å². The number of carbonyl (C=O) groups excluding carboxylic acids is 1. The zero-order valence-electron chi connectivity index (χ0n) is 10.5. The van der Waals surface area contributed by atoms with Gasteiger partial charge in [-0.15, -0.1) is 0 Å². The Balaban J connectivity index is 2.05. The standard InChI is InChI=1S/C14H10Br2N2O3/c15-11-5-8(6-12(16)13(11)20)7-17-18-14(21)9-1-3-10(19)4-2-9/h1-7,19-20H,(H,18,21)/b17-7-. The molecule has 2 rings (SSSR count). The summed E-state index contributed by atoms with van der Waals surface area (Å²) in [5.41, 5.74) is 3.46. The first-order chi connectivity index (χ1) is 9.97. The van der Waals surface area contributed by atoms with Gasteiger partial charge in [-0.2, -0.15) is 5.10 Å². The van der Waals surface area contributed by atoms with E-state index in [1.165, 1.54) is 30.5 Å². The second kappa shape index (κ2) is 6.73. The number of phenols is 2. The summed E-state index contributed by atoms with van der Waals surface area (Å²) in [6.07, 6.45) is 1.45. The van der Waals surface area contributed by atoms with Crippen LogP contribution in [0.3, 0.4) is 0 Å². The van der Waals surface area contributed by atoms with Gasteiger partial charge in [0.1, 0.15) is 11.5 Å². The Morgan fingerprint density at radius 1 is 1.10 bits per heavy atom. The predicted molar refractivity (Wildman–Crippen MR) is 86.7 cm³/mol. The van der Waals surface area contributed by atoms with Gasteiger partial charge < -0.3 is 10.2 Å². The lowest BCUT2D eigenvalue weighted by molar-refractivity contribution is 0.0955. The number of rotatable bonds is 3. The van der Waals surface area contributed by atoms with Crippen LogP contribution < -0.4 is 5.43 Å². The Kier molecular flexibility index (Phi) is 4.98. The van der Waals surface area contributed by atoms with Crippen LogP contribution in [0.2, 0.25) is 0 Å². The number of phenolic OH excluding ortho intramolecular Hbond substituents is 2. The van der Waals surface area contributed by atoms with Crippen LogP contribution in [0.5, 0.6) is 11.5 Å². The molecule has 5 nitrogen and oxygen atoms in total. The predicted octanol–water partition coefficient (Wildman–Crippen LogP) is 3.39. The van der Waals surface area contributed by atoms with Gasteiger partial charge in [-0.05, 0) is 73.8 Å². The van der Waals surface area contributed by atoms with E-state index in [1.807, 2.05) is 0 Å². The van der Waals surface area contributed by atoms with E-state index in [0.29, 0.717) is 20.1 Å². The van der Waals surface area contributed by atoms with Crippen molar-refractivity contribution in [2.45, 2.75) is 0 Å². The van der Waals surface area contributed by atoms with Crippen molar-refractivity contribution in [2.75, 3.05) is 0 Å². The molecule has 0 fully saturated rings. The molecule has 108 valence electrons. The molecule has 0 aliphatic carbocycles. The summed E-state index contributed by atoms with van der Waals surface area (Å²) in [6.45, 7) is 0. The number of carbonyl (C=O) groups is 1. The molecule has 0 atom stereocenters. The molecule has 7 heteroatoms. The number of amides is 1. The molecule has 2 aromatic carbocycles. The number of hydrogen-bond donors (Lipinski definition) is 3. The first kappa shape index (κ1) is 15.5. The number of hydrogen-bond acceptors (Lipinski definition) is 4. The summed E-state index contributed by atoms with van der Waals surface area (Å²) in [4.78, 5) is 11.8. The lowest BCUT2D eigenvalue weighted by Crippen LogP contribution is -2.17. The van der Waals surface area contributed by atoms with Crippen molar-refractivity contribution in [2.24, 2.45) is 5.10 Å². The highest BCUT2D eigenvalue weighted by atomic mass is 79.9. The summed E-state index contributed by atoms with van der Waals surface area (Å²) in [7, 11) is 0. The van der Waals surface area contributed by atoms with Crippen molar-refractivity contribution in [3.05, 3.63) is 56.5 Å². The zero-order chi connectivity index (χ0) is 15.4. The monoisotopic (exact) mass is 412 g/mol. The minimum Gasteiger partial charge on any atom is -0.508 e. The van der Waals surface area contributed by atoms with Crippen molar-refractivity contribution in [1.82, 2.24) is 5.43 Å². The van der Waals surface area contributed by atoms with Gasteiger partial charge in [-0.1, -0.05) is 0 Å². The molecular formula is C14H10Br2N2O3. The molecule has 0 unspecified atom stereocenters. The van der Waals surface area contributed by atoms with Crippen molar-refractivity contribution in [1.29, 1.82) is 0 Å². The third-order valence-corrected chi connectivity index (χ3v) is 3.76. The molecule has 0 spiro atoms. The molecule has 0 saturated carbocycles. The summed E-state index contributed by atoms with van der Waals surface area (Å²) < 4.78 is 1.03. The number of benzene rings is 2. The molecule has 0 heterocycles. The highest BCUT2D eigenvalue weighted by molar-refractivity contribution is 9.11. The number of nitrogens with one attached hydrogen (secondary N) is 1. The third-order valence-electron chi connectivity index (χ3n) is 2.55. The topological polar surface area (TPSA) is 81.9 Å². The van der Waals surface area contributed by atoms with Crippen LogP contribution in [0.1, 0.15) is 15.9 Å². The maximum absolute atomic E-state index is 11.8. The van der Waals surface area contributed by atoms with Crippen LogP contribution >= 0.6 is 31.9 Å². The van der Waals surface area contributed by atoms with E-state index in [-0.39, 0.29) is 17.4 Å². The van der Waals surface area contributed by atoms with E-state index in [0.717, 1.165) is 0 Å². The second-order valence-corrected chi connectivity index (χ2v) is 5.79. The van der Waals surface area contributed by atoms with Gasteiger partial charge in [-0.25, -0.2) is 5.43 Å².